The number of ether oxygens (including phenoxy) is 1. The first-order chi connectivity index (χ1) is 11.0. The number of rotatable bonds is 3. The van der Waals surface area contributed by atoms with Crippen LogP contribution in [0.5, 0.6) is 5.75 Å². The van der Waals surface area contributed by atoms with Crippen molar-refractivity contribution in [1.29, 1.82) is 0 Å². The Bertz CT molecular complexity index is 602. The summed E-state index contributed by atoms with van der Waals surface area (Å²) < 4.78 is 5.54. The van der Waals surface area contributed by atoms with Gasteiger partial charge in [0.15, 0.2) is 6.73 Å². The van der Waals surface area contributed by atoms with Gasteiger partial charge < -0.3 is 20.7 Å². The molecule has 1 fully saturated rings. The molecule has 0 atom stereocenters. The molecule has 0 radical (unpaired) electrons. The van der Waals surface area contributed by atoms with E-state index in [-0.39, 0.29) is 29.9 Å². The summed E-state index contributed by atoms with van der Waals surface area (Å²) in [6, 6.07) is 4.86. The van der Waals surface area contributed by atoms with Crippen molar-refractivity contribution in [3.63, 3.8) is 0 Å². The highest BCUT2D eigenvalue weighted by Crippen LogP contribution is 2.37. The van der Waals surface area contributed by atoms with E-state index < -0.39 is 0 Å². The standard InChI is InChI=1S/C17H25Cl2N3O2/c1-16(2)8-12(20)9-17(3,4)22(16)15(23)21-10-24-14-6-5-11(18)7-13(14)19/h5-7,12H,8-10,20H2,1-4H3,(H,21,23). The van der Waals surface area contributed by atoms with Crippen LogP contribution in [0.4, 0.5) is 4.79 Å². The Labute approximate surface area is 153 Å². The SMILES string of the molecule is CC1(C)CC(N)CC(C)(C)N1C(=O)NCOc1ccc(Cl)cc1Cl. The number of carbonyl (C=O) groups excluding carboxylic acids is 1. The highest BCUT2D eigenvalue weighted by Gasteiger charge is 2.46. The van der Waals surface area contributed by atoms with E-state index in [0.717, 1.165) is 12.8 Å². The van der Waals surface area contributed by atoms with Gasteiger partial charge in [-0.15, -0.1) is 0 Å². The monoisotopic (exact) mass is 373 g/mol. The van der Waals surface area contributed by atoms with Gasteiger partial charge in [-0.3, -0.25) is 0 Å². The minimum atomic E-state index is -0.330. The van der Waals surface area contributed by atoms with Crippen LogP contribution in [-0.2, 0) is 0 Å². The molecule has 0 aliphatic carbocycles. The smallest absolute Gasteiger partial charge is 0.320 e. The van der Waals surface area contributed by atoms with E-state index in [1.165, 1.54) is 0 Å². The number of carbonyl (C=O) groups is 1. The average Bonchev–Trinajstić information content (AvgIpc) is 2.37. The Morgan fingerprint density at radius 2 is 1.88 bits per heavy atom. The van der Waals surface area contributed by atoms with E-state index in [4.69, 9.17) is 33.7 Å². The average molecular weight is 374 g/mol. The highest BCUT2D eigenvalue weighted by molar-refractivity contribution is 6.35. The molecule has 0 aromatic heterocycles. The van der Waals surface area contributed by atoms with Crippen molar-refractivity contribution in [2.45, 2.75) is 57.7 Å². The van der Waals surface area contributed by atoms with Gasteiger partial charge in [-0.2, -0.15) is 0 Å². The number of piperidine rings is 1. The van der Waals surface area contributed by atoms with Gasteiger partial charge in [0, 0.05) is 22.1 Å². The first-order valence-electron chi connectivity index (χ1n) is 7.94. The zero-order valence-corrected chi connectivity index (χ0v) is 16.0. The summed E-state index contributed by atoms with van der Waals surface area (Å²) >= 11 is 11.9. The van der Waals surface area contributed by atoms with Gasteiger partial charge in [-0.05, 0) is 58.7 Å². The molecule has 0 bridgehead atoms. The van der Waals surface area contributed by atoms with Crippen LogP contribution in [-0.4, -0.2) is 34.8 Å². The van der Waals surface area contributed by atoms with Crippen molar-refractivity contribution in [3.05, 3.63) is 28.2 Å². The summed E-state index contributed by atoms with van der Waals surface area (Å²) in [7, 11) is 0. The lowest BCUT2D eigenvalue weighted by Gasteiger charge is -2.54. The van der Waals surface area contributed by atoms with Crippen LogP contribution in [0.25, 0.3) is 0 Å². The number of hydrogen-bond donors (Lipinski definition) is 2. The lowest BCUT2D eigenvalue weighted by Crippen LogP contribution is -2.67. The molecule has 1 aliphatic rings. The van der Waals surface area contributed by atoms with Crippen molar-refractivity contribution in [1.82, 2.24) is 10.2 Å². The molecule has 0 spiro atoms. The summed E-state index contributed by atoms with van der Waals surface area (Å²) in [5.41, 5.74) is 5.48. The maximum Gasteiger partial charge on any atom is 0.320 e. The molecule has 24 heavy (non-hydrogen) atoms. The number of hydrogen-bond acceptors (Lipinski definition) is 3. The van der Waals surface area contributed by atoms with E-state index in [1.807, 2.05) is 32.6 Å². The predicted octanol–water partition coefficient (Wildman–Crippen LogP) is 4.02. The van der Waals surface area contributed by atoms with Gasteiger partial charge >= 0.3 is 6.03 Å². The zero-order valence-electron chi connectivity index (χ0n) is 14.5. The van der Waals surface area contributed by atoms with Gasteiger partial charge in [-0.1, -0.05) is 23.2 Å². The minimum Gasteiger partial charge on any atom is -0.472 e. The van der Waals surface area contributed by atoms with Crippen LogP contribution in [0, 0.1) is 0 Å². The molecular formula is C17H25Cl2N3O2. The summed E-state index contributed by atoms with van der Waals surface area (Å²) in [5, 5.41) is 3.74. The Morgan fingerprint density at radius 1 is 1.29 bits per heavy atom. The van der Waals surface area contributed by atoms with Crippen molar-refractivity contribution >= 4 is 29.2 Å². The summed E-state index contributed by atoms with van der Waals surface area (Å²) in [6.07, 6.45) is 1.52. The van der Waals surface area contributed by atoms with E-state index in [0.29, 0.717) is 15.8 Å². The Morgan fingerprint density at radius 3 is 2.42 bits per heavy atom. The number of halogens is 2. The van der Waals surface area contributed by atoms with E-state index >= 15 is 0 Å². The fraction of sp³-hybridized carbons (Fsp3) is 0.588. The van der Waals surface area contributed by atoms with Crippen LogP contribution in [0.2, 0.25) is 10.0 Å². The molecule has 1 aromatic carbocycles. The quantitative estimate of drug-likeness (QED) is 0.786. The zero-order chi connectivity index (χ0) is 18.1. The van der Waals surface area contributed by atoms with Gasteiger partial charge in [0.1, 0.15) is 5.75 Å². The molecule has 7 heteroatoms. The summed E-state index contributed by atoms with van der Waals surface area (Å²) in [5.74, 6) is 0.473. The molecule has 1 heterocycles. The molecule has 1 saturated heterocycles. The number of benzene rings is 1. The lowest BCUT2D eigenvalue weighted by molar-refractivity contribution is 0.00145. The molecule has 2 rings (SSSR count). The lowest BCUT2D eigenvalue weighted by atomic mass is 9.77. The molecular weight excluding hydrogens is 349 g/mol. The van der Waals surface area contributed by atoms with Gasteiger partial charge in [0.25, 0.3) is 0 Å². The molecule has 0 saturated carbocycles. The summed E-state index contributed by atoms with van der Waals surface area (Å²) in [4.78, 5) is 14.6. The molecule has 1 aliphatic heterocycles. The van der Waals surface area contributed by atoms with Gasteiger partial charge in [-0.25, -0.2) is 4.79 Å². The second-order valence-corrected chi connectivity index (χ2v) is 8.32. The van der Waals surface area contributed by atoms with Gasteiger partial charge in [0.2, 0.25) is 0 Å². The van der Waals surface area contributed by atoms with Crippen molar-refractivity contribution in [3.8, 4) is 5.75 Å². The largest absolute Gasteiger partial charge is 0.472 e. The predicted molar refractivity (Wildman–Crippen MR) is 97.7 cm³/mol. The molecule has 1 aromatic rings. The highest BCUT2D eigenvalue weighted by atomic mass is 35.5. The van der Waals surface area contributed by atoms with Crippen LogP contribution in [0.3, 0.4) is 0 Å². The third-order valence-corrected chi connectivity index (χ3v) is 4.81. The second-order valence-electron chi connectivity index (χ2n) is 7.47. The third kappa shape index (κ3) is 4.26. The first kappa shape index (κ1) is 19.2. The van der Waals surface area contributed by atoms with Crippen molar-refractivity contribution in [2.75, 3.05) is 6.73 Å². The molecule has 0 unspecified atom stereocenters. The molecule has 134 valence electrons. The number of nitrogens with zero attached hydrogens (tertiary/aromatic N) is 1. The third-order valence-electron chi connectivity index (χ3n) is 4.28. The van der Waals surface area contributed by atoms with E-state index in [1.54, 1.807) is 18.2 Å². The Kier molecular flexibility index (Phi) is 5.57. The normalized spacial score (nSPS) is 19.9. The minimum absolute atomic E-state index is 0.0227. The molecule has 2 amide bonds. The van der Waals surface area contributed by atoms with Crippen LogP contribution < -0.4 is 15.8 Å². The van der Waals surface area contributed by atoms with Crippen LogP contribution in [0.1, 0.15) is 40.5 Å². The fourth-order valence-electron chi connectivity index (χ4n) is 3.75. The topological polar surface area (TPSA) is 67.6 Å². The van der Waals surface area contributed by atoms with Crippen LogP contribution in [0.15, 0.2) is 18.2 Å². The number of urea groups is 1. The maximum atomic E-state index is 12.7. The van der Waals surface area contributed by atoms with E-state index in [2.05, 4.69) is 5.32 Å². The maximum absolute atomic E-state index is 12.7. The van der Waals surface area contributed by atoms with E-state index in [9.17, 15) is 4.79 Å². The Balaban J connectivity index is 2.00. The van der Waals surface area contributed by atoms with Crippen molar-refractivity contribution in [2.24, 2.45) is 5.73 Å². The molecule has 3 N–H and O–H groups in total. The number of likely N-dealkylation sites (tertiary alicyclic amines) is 1. The summed E-state index contributed by atoms with van der Waals surface area (Å²) in [6.45, 7) is 8.15. The second kappa shape index (κ2) is 6.98. The van der Waals surface area contributed by atoms with Gasteiger partial charge in [0.05, 0.1) is 5.02 Å². The van der Waals surface area contributed by atoms with Crippen molar-refractivity contribution < 1.29 is 9.53 Å². The number of nitrogens with one attached hydrogen (secondary N) is 1. The number of amides is 2. The molecule has 5 nitrogen and oxygen atoms in total. The Hall–Kier alpha value is -1.17. The van der Waals surface area contributed by atoms with Crippen LogP contribution >= 0.6 is 23.2 Å². The number of nitrogens with two attached hydrogens (primary N) is 1. The first-order valence-corrected chi connectivity index (χ1v) is 8.70. The fourth-order valence-corrected chi connectivity index (χ4v) is 4.22.